The number of benzene rings is 3. The van der Waals surface area contributed by atoms with Gasteiger partial charge in [0.1, 0.15) is 0 Å². The van der Waals surface area contributed by atoms with Gasteiger partial charge in [-0.15, -0.1) is 0 Å². The van der Waals surface area contributed by atoms with Crippen molar-refractivity contribution in [3.63, 3.8) is 0 Å². The fourth-order valence-electron chi connectivity index (χ4n) is 4.22. The van der Waals surface area contributed by atoms with Crippen molar-refractivity contribution < 1.29 is 14.7 Å². The molecule has 0 aliphatic carbocycles. The van der Waals surface area contributed by atoms with Crippen LogP contribution in [0.3, 0.4) is 0 Å². The van der Waals surface area contributed by atoms with Gasteiger partial charge in [0.25, 0.3) is 5.91 Å². The quantitative estimate of drug-likeness (QED) is 0.640. The number of hydrogen-bond donors (Lipinski definition) is 1. The predicted octanol–water partition coefficient (Wildman–Crippen LogP) is 4.56. The van der Waals surface area contributed by atoms with E-state index in [0.717, 1.165) is 16.7 Å². The monoisotopic (exact) mass is 399 g/mol. The molecular weight excluding hydrogens is 374 g/mol. The third-order valence-electron chi connectivity index (χ3n) is 6.09. The fraction of sp³-hybridized carbons (Fsp3) is 0.231. The number of anilines is 1. The van der Waals surface area contributed by atoms with Gasteiger partial charge in [-0.25, -0.2) is 0 Å². The van der Waals surface area contributed by atoms with Crippen molar-refractivity contribution >= 4 is 17.4 Å². The molecule has 0 radical (unpaired) electrons. The largest absolute Gasteiger partial charge is 0.375 e. The van der Waals surface area contributed by atoms with E-state index in [2.05, 4.69) is 6.07 Å². The molecule has 1 aliphatic heterocycles. The normalized spacial score (nSPS) is 18.9. The molecule has 1 N–H and O–H groups in total. The molecule has 0 aromatic heterocycles. The Labute approximate surface area is 176 Å². The Morgan fingerprint density at radius 3 is 2.40 bits per heavy atom. The third-order valence-corrected chi connectivity index (χ3v) is 6.09. The van der Waals surface area contributed by atoms with Crippen LogP contribution in [0.15, 0.2) is 72.8 Å². The molecule has 0 saturated carbocycles. The molecule has 0 unspecified atom stereocenters. The second-order valence-electron chi connectivity index (χ2n) is 8.06. The van der Waals surface area contributed by atoms with Gasteiger partial charge in [-0.05, 0) is 31.0 Å². The van der Waals surface area contributed by atoms with E-state index in [4.69, 9.17) is 0 Å². The summed E-state index contributed by atoms with van der Waals surface area (Å²) < 4.78 is 0. The molecule has 2 atom stereocenters. The maximum absolute atomic E-state index is 13.6. The molecule has 3 aromatic rings. The highest BCUT2D eigenvalue weighted by Gasteiger charge is 2.55. The average molecular weight is 399 g/mol. The van der Waals surface area contributed by atoms with Gasteiger partial charge in [0.05, 0.1) is 18.2 Å². The minimum Gasteiger partial charge on any atom is -0.375 e. The topological polar surface area (TPSA) is 57.6 Å². The first-order valence-corrected chi connectivity index (χ1v) is 10.1. The minimum absolute atomic E-state index is 0.255. The van der Waals surface area contributed by atoms with Crippen LogP contribution in [0, 0.1) is 19.8 Å². The van der Waals surface area contributed by atoms with Crippen LogP contribution < -0.4 is 4.90 Å². The molecule has 0 saturated heterocycles. The lowest BCUT2D eigenvalue weighted by molar-refractivity contribution is -0.139. The molecule has 0 fully saturated rings. The van der Waals surface area contributed by atoms with E-state index in [9.17, 15) is 14.7 Å². The van der Waals surface area contributed by atoms with E-state index < -0.39 is 17.4 Å². The average Bonchev–Trinajstić information content (AvgIpc) is 2.98. The first kappa shape index (κ1) is 20.0. The number of carbonyl (C=O) groups is 2. The standard InChI is InChI=1S/C26H25NO3/c1-17-13-14-18(2)21(15-17)16-27-23-12-8-7-11-22(23)26(30,25(27)29)19(3)24(28)20-9-5-4-6-10-20/h4-15,19,30H,16H2,1-3H3/t19-,26-/m0/s1. The van der Waals surface area contributed by atoms with Crippen LogP contribution in [0.25, 0.3) is 0 Å². The van der Waals surface area contributed by atoms with Crippen molar-refractivity contribution in [2.45, 2.75) is 32.9 Å². The summed E-state index contributed by atoms with van der Waals surface area (Å²) in [5.41, 5.74) is 2.92. The molecule has 1 heterocycles. The Balaban J connectivity index is 1.76. The summed E-state index contributed by atoms with van der Waals surface area (Å²) in [4.78, 5) is 28.3. The zero-order valence-corrected chi connectivity index (χ0v) is 17.4. The van der Waals surface area contributed by atoms with Crippen LogP contribution in [0.5, 0.6) is 0 Å². The minimum atomic E-state index is -1.90. The van der Waals surface area contributed by atoms with Gasteiger partial charge in [-0.3, -0.25) is 9.59 Å². The molecule has 152 valence electrons. The number of aliphatic hydroxyl groups is 1. The number of hydrogen-bond acceptors (Lipinski definition) is 3. The number of ketones is 1. The Bertz CT molecular complexity index is 1120. The van der Waals surface area contributed by atoms with Gasteiger partial charge in [0.2, 0.25) is 0 Å². The highest BCUT2D eigenvalue weighted by Crippen LogP contribution is 2.46. The number of fused-ring (bicyclic) bond motifs is 1. The van der Waals surface area contributed by atoms with Gasteiger partial charge in [0.15, 0.2) is 11.4 Å². The number of aryl methyl sites for hydroxylation is 2. The summed E-state index contributed by atoms with van der Waals surface area (Å²) in [6, 6.07) is 22.1. The fourth-order valence-corrected chi connectivity index (χ4v) is 4.22. The first-order valence-electron chi connectivity index (χ1n) is 10.1. The molecule has 0 spiro atoms. The number of nitrogens with zero attached hydrogens (tertiary/aromatic N) is 1. The Hall–Kier alpha value is -3.24. The van der Waals surface area contributed by atoms with Crippen LogP contribution in [-0.2, 0) is 16.9 Å². The van der Waals surface area contributed by atoms with E-state index in [-0.39, 0.29) is 5.78 Å². The Morgan fingerprint density at radius 2 is 1.67 bits per heavy atom. The Kier molecular flexibility index (Phi) is 5.04. The van der Waals surface area contributed by atoms with Crippen molar-refractivity contribution in [2.24, 2.45) is 5.92 Å². The van der Waals surface area contributed by atoms with Crippen molar-refractivity contribution in [1.29, 1.82) is 0 Å². The second-order valence-corrected chi connectivity index (χ2v) is 8.06. The molecule has 4 heteroatoms. The van der Waals surface area contributed by atoms with Crippen molar-refractivity contribution in [3.05, 3.63) is 101 Å². The second kappa shape index (κ2) is 7.54. The molecular formula is C26H25NO3. The predicted molar refractivity (Wildman–Crippen MR) is 117 cm³/mol. The van der Waals surface area contributed by atoms with Crippen LogP contribution in [0.1, 0.15) is 39.5 Å². The smallest absolute Gasteiger partial charge is 0.264 e. The zero-order chi connectivity index (χ0) is 21.5. The van der Waals surface area contributed by atoms with E-state index in [1.54, 1.807) is 48.2 Å². The van der Waals surface area contributed by atoms with E-state index in [1.165, 1.54) is 0 Å². The molecule has 30 heavy (non-hydrogen) atoms. The molecule has 1 amide bonds. The molecule has 4 nitrogen and oxygen atoms in total. The number of rotatable bonds is 5. The van der Waals surface area contributed by atoms with Crippen LogP contribution in [-0.4, -0.2) is 16.8 Å². The summed E-state index contributed by atoms with van der Waals surface area (Å²) in [6.07, 6.45) is 0. The maximum Gasteiger partial charge on any atom is 0.264 e. The molecule has 1 aliphatic rings. The van der Waals surface area contributed by atoms with Crippen LogP contribution >= 0.6 is 0 Å². The van der Waals surface area contributed by atoms with Gasteiger partial charge in [-0.1, -0.05) is 79.2 Å². The summed E-state index contributed by atoms with van der Waals surface area (Å²) in [7, 11) is 0. The summed E-state index contributed by atoms with van der Waals surface area (Å²) in [6.45, 7) is 6.00. The Morgan fingerprint density at radius 1 is 1.00 bits per heavy atom. The lowest BCUT2D eigenvalue weighted by atomic mass is 9.79. The molecule has 4 rings (SSSR count). The number of Topliss-reactive ketones (excluding diaryl/α,β-unsaturated/α-hetero) is 1. The van der Waals surface area contributed by atoms with Gasteiger partial charge >= 0.3 is 0 Å². The van der Waals surface area contributed by atoms with Crippen LogP contribution in [0.2, 0.25) is 0 Å². The summed E-state index contributed by atoms with van der Waals surface area (Å²) >= 11 is 0. The van der Waals surface area contributed by atoms with Gasteiger partial charge < -0.3 is 10.0 Å². The maximum atomic E-state index is 13.6. The number of para-hydroxylation sites is 1. The molecule has 0 bridgehead atoms. The zero-order valence-electron chi connectivity index (χ0n) is 17.4. The first-order chi connectivity index (χ1) is 14.3. The highest BCUT2D eigenvalue weighted by atomic mass is 16.3. The number of amides is 1. The van der Waals surface area contributed by atoms with E-state index >= 15 is 0 Å². The number of carbonyl (C=O) groups excluding carboxylic acids is 2. The van der Waals surface area contributed by atoms with Crippen molar-refractivity contribution in [1.82, 2.24) is 0 Å². The van der Waals surface area contributed by atoms with Crippen molar-refractivity contribution in [2.75, 3.05) is 4.90 Å². The van der Waals surface area contributed by atoms with Gasteiger partial charge in [0, 0.05) is 11.1 Å². The highest BCUT2D eigenvalue weighted by molar-refractivity contribution is 6.11. The SMILES string of the molecule is Cc1ccc(C)c(CN2C(=O)[C@](O)([C@@H](C)C(=O)c3ccccc3)c3ccccc32)c1. The summed E-state index contributed by atoms with van der Waals surface area (Å²) in [5, 5.41) is 11.7. The third kappa shape index (κ3) is 3.14. The van der Waals surface area contributed by atoms with Crippen LogP contribution in [0.4, 0.5) is 5.69 Å². The van der Waals surface area contributed by atoms with Gasteiger partial charge in [-0.2, -0.15) is 0 Å². The van der Waals surface area contributed by atoms with E-state index in [1.807, 2.05) is 44.2 Å². The molecule has 3 aromatic carbocycles. The van der Waals surface area contributed by atoms with Crippen molar-refractivity contribution in [3.8, 4) is 0 Å². The lowest BCUT2D eigenvalue weighted by Crippen LogP contribution is -2.47. The lowest BCUT2D eigenvalue weighted by Gasteiger charge is -2.29. The van der Waals surface area contributed by atoms with E-state index in [0.29, 0.717) is 23.4 Å². The summed E-state index contributed by atoms with van der Waals surface area (Å²) in [5.74, 6) is -1.63.